The van der Waals surface area contributed by atoms with Crippen LogP contribution in [0, 0.1) is 35.5 Å². The van der Waals surface area contributed by atoms with E-state index in [2.05, 4.69) is 17.3 Å². The SMILES string of the molecule is COC(=O)c1cc(-c2ccc(/C=N\N3C(=O)[C@H]4[C@@H]5C=C[C@H]([C@H]6C[C@H]56)[C@@H]4C3=O)o2)ccc1Cl. The van der Waals surface area contributed by atoms with Crippen LogP contribution in [0.15, 0.2) is 52.0 Å². The van der Waals surface area contributed by atoms with Gasteiger partial charge in [-0.1, -0.05) is 23.8 Å². The number of ether oxygens (including phenoxy) is 1. The van der Waals surface area contributed by atoms with Crippen molar-refractivity contribution >= 4 is 35.6 Å². The Balaban J connectivity index is 1.23. The normalized spacial score (nSPS) is 31.9. The largest absolute Gasteiger partial charge is 0.465 e. The topological polar surface area (TPSA) is 89.2 Å². The molecule has 32 heavy (non-hydrogen) atoms. The van der Waals surface area contributed by atoms with Crippen LogP contribution in [0.4, 0.5) is 0 Å². The van der Waals surface area contributed by atoms with Gasteiger partial charge >= 0.3 is 5.97 Å². The molecule has 7 nitrogen and oxygen atoms in total. The molecule has 1 aromatic heterocycles. The molecule has 8 heteroatoms. The number of methoxy groups -OCH3 is 1. The highest BCUT2D eigenvalue weighted by atomic mass is 35.5. The number of hydrazone groups is 1. The molecule has 0 spiro atoms. The van der Waals surface area contributed by atoms with E-state index < -0.39 is 5.97 Å². The van der Waals surface area contributed by atoms with Crippen LogP contribution in [0.5, 0.6) is 0 Å². The monoisotopic (exact) mass is 450 g/mol. The van der Waals surface area contributed by atoms with Gasteiger partial charge in [-0.3, -0.25) is 9.59 Å². The molecule has 2 aromatic rings. The molecule has 5 aliphatic rings. The quantitative estimate of drug-likeness (QED) is 0.306. The standard InChI is InChI=1S/C24H19ClN2O5/c1-31-24(30)17-8-11(2-6-18(17)25)19-7-3-12(32-19)10-26-27-22(28)20-13-4-5-14(16-9-15(13)16)21(20)23(27)29/h2-8,10,13-16,20-21H,9H2,1H3/b26-10-/t13-,14-,15-,16-,20+,21+/m1/s1. The van der Waals surface area contributed by atoms with E-state index in [1.807, 2.05) is 0 Å². The Morgan fingerprint density at radius 1 is 1.12 bits per heavy atom. The van der Waals surface area contributed by atoms with E-state index in [1.165, 1.54) is 13.3 Å². The molecule has 0 radical (unpaired) electrons. The Hall–Kier alpha value is -3.19. The maximum absolute atomic E-state index is 13.0. The molecule has 3 fully saturated rings. The number of imide groups is 1. The first-order valence-electron chi connectivity index (χ1n) is 10.6. The molecule has 7 rings (SSSR count). The minimum Gasteiger partial charge on any atom is -0.465 e. The van der Waals surface area contributed by atoms with Gasteiger partial charge in [0.25, 0.3) is 11.8 Å². The van der Waals surface area contributed by atoms with Crippen molar-refractivity contribution in [3.05, 3.63) is 58.8 Å². The fourth-order valence-corrected chi connectivity index (χ4v) is 5.89. The van der Waals surface area contributed by atoms with Crippen molar-refractivity contribution in [3.63, 3.8) is 0 Å². The van der Waals surface area contributed by atoms with Gasteiger partial charge in [0.2, 0.25) is 0 Å². The average Bonchev–Trinajstić information content (AvgIpc) is 3.44. The maximum atomic E-state index is 13.0. The summed E-state index contributed by atoms with van der Waals surface area (Å²) < 4.78 is 10.5. The van der Waals surface area contributed by atoms with Crippen LogP contribution >= 0.6 is 11.6 Å². The minimum absolute atomic E-state index is 0.163. The van der Waals surface area contributed by atoms with Crippen molar-refractivity contribution in [1.29, 1.82) is 0 Å². The van der Waals surface area contributed by atoms with Crippen molar-refractivity contribution in [1.82, 2.24) is 5.01 Å². The highest BCUT2D eigenvalue weighted by molar-refractivity contribution is 6.33. The molecule has 0 N–H and O–H groups in total. The number of furan rings is 1. The van der Waals surface area contributed by atoms with Gasteiger partial charge in [0.1, 0.15) is 11.5 Å². The van der Waals surface area contributed by atoms with Gasteiger partial charge in [-0.25, -0.2) is 4.79 Å². The molecule has 2 amide bonds. The van der Waals surface area contributed by atoms with Gasteiger partial charge in [0, 0.05) is 5.56 Å². The number of amides is 2. The second-order valence-electron chi connectivity index (χ2n) is 8.78. The Kier molecular flexibility index (Phi) is 4.21. The number of rotatable bonds is 4. The molecule has 162 valence electrons. The zero-order valence-electron chi connectivity index (χ0n) is 17.1. The van der Waals surface area contributed by atoms with E-state index in [0.717, 1.165) is 11.4 Å². The number of carbonyl (C=O) groups excluding carboxylic acids is 3. The van der Waals surface area contributed by atoms with Gasteiger partial charge in [-0.2, -0.15) is 10.1 Å². The summed E-state index contributed by atoms with van der Waals surface area (Å²) in [5.74, 6) is 0.763. The summed E-state index contributed by atoms with van der Waals surface area (Å²) in [6.45, 7) is 0. The number of hydrogen-bond donors (Lipinski definition) is 0. The van der Waals surface area contributed by atoms with Crippen LogP contribution in [0.1, 0.15) is 22.5 Å². The van der Waals surface area contributed by atoms with E-state index in [4.69, 9.17) is 20.8 Å². The van der Waals surface area contributed by atoms with Crippen LogP contribution in [0.2, 0.25) is 5.02 Å². The second-order valence-corrected chi connectivity index (χ2v) is 9.18. The number of halogens is 1. The Morgan fingerprint density at radius 2 is 1.81 bits per heavy atom. The molecule has 0 unspecified atom stereocenters. The molecular weight excluding hydrogens is 432 g/mol. The van der Waals surface area contributed by atoms with Crippen molar-refractivity contribution in [2.75, 3.05) is 7.11 Å². The summed E-state index contributed by atoms with van der Waals surface area (Å²) in [6, 6.07) is 8.30. The summed E-state index contributed by atoms with van der Waals surface area (Å²) in [5, 5.41) is 5.49. The van der Waals surface area contributed by atoms with Gasteiger partial charge in [-0.05, 0) is 60.4 Å². The molecule has 4 aliphatic carbocycles. The Morgan fingerprint density at radius 3 is 2.47 bits per heavy atom. The minimum atomic E-state index is -0.543. The van der Waals surface area contributed by atoms with Crippen LogP contribution in [-0.2, 0) is 14.3 Å². The van der Waals surface area contributed by atoms with Crippen LogP contribution < -0.4 is 0 Å². The van der Waals surface area contributed by atoms with Gasteiger partial charge in [-0.15, -0.1) is 0 Å². The van der Waals surface area contributed by atoms with Gasteiger partial charge in [0.05, 0.1) is 35.7 Å². The first kappa shape index (κ1) is 19.5. The first-order chi connectivity index (χ1) is 15.5. The molecular formula is C24H19ClN2O5. The molecule has 1 saturated heterocycles. The molecule has 1 aliphatic heterocycles. The summed E-state index contributed by atoms with van der Waals surface area (Å²) in [7, 11) is 1.29. The van der Waals surface area contributed by atoms with Crippen molar-refractivity contribution < 1.29 is 23.5 Å². The fraction of sp³-hybridized carbons (Fsp3) is 0.333. The predicted octanol–water partition coefficient (Wildman–Crippen LogP) is 3.77. The van der Waals surface area contributed by atoms with Crippen LogP contribution in [-0.4, -0.2) is 36.1 Å². The molecule has 2 saturated carbocycles. The number of carbonyl (C=O) groups is 3. The third-order valence-corrected chi connectivity index (χ3v) is 7.55. The fourth-order valence-electron chi connectivity index (χ4n) is 5.69. The van der Waals surface area contributed by atoms with Crippen molar-refractivity contribution in [3.8, 4) is 11.3 Å². The summed E-state index contributed by atoms with van der Waals surface area (Å²) >= 11 is 6.07. The number of esters is 1. The Bertz CT molecular complexity index is 1190. The lowest BCUT2D eigenvalue weighted by Crippen LogP contribution is -2.40. The number of benzene rings is 1. The summed E-state index contributed by atoms with van der Waals surface area (Å²) in [4.78, 5) is 37.9. The van der Waals surface area contributed by atoms with E-state index in [0.29, 0.717) is 28.9 Å². The lowest BCUT2D eigenvalue weighted by atomic mass is 9.63. The smallest absolute Gasteiger partial charge is 0.339 e. The van der Waals surface area contributed by atoms with Crippen LogP contribution in [0.3, 0.4) is 0 Å². The molecule has 6 atom stereocenters. The summed E-state index contributed by atoms with van der Waals surface area (Å²) in [5.41, 5.74) is 0.867. The van der Waals surface area contributed by atoms with E-state index in [1.54, 1.807) is 30.3 Å². The molecule has 1 aromatic carbocycles. The maximum Gasteiger partial charge on any atom is 0.339 e. The van der Waals surface area contributed by atoms with E-state index >= 15 is 0 Å². The van der Waals surface area contributed by atoms with Gasteiger partial charge in [0.15, 0.2) is 0 Å². The lowest BCUT2D eigenvalue weighted by Gasteiger charge is -2.37. The Labute approximate surface area is 188 Å². The number of nitrogens with zero attached hydrogens (tertiary/aromatic N) is 2. The zero-order chi connectivity index (χ0) is 22.1. The average molecular weight is 451 g/mol. The lowest BCUT2D eigenvalue weighted by molar-refractivity contribution is -0.140. The van der Waals surface area contributed by atoms with Crippen molar-refractivity contribution in [2.24, 2.45) is 40.6 Å². The highest BCUT2D eigenvalue weighted by Crippen LogP contribution is 2.65. The zero-order valence-corrected chi connectivity index (χ0v) is 17.9. The highest BCUT2D eigenvalue weighted by Gasteiger charge is 2.67. The second kappa shape index (κ2) is 6.90. The first-order valence-corrected chi connectivity index (χ1v) is 10.9. The van der Waals surface area contributed by atoms with Crippen molar-refractivity contribution in [2.45, 2.75) is 6.42 Å². The predicted molar refractivity (Wildman–Crippen MR) is 115 cm³/mol. The third kappa shape index (κ3) is 2.73. The van der Waals surface area contributed by atoms with Gasteiger partial charge < -0.3 is 9.15 Å². The molecule has 2 bridgehead atoms. The third-order valence-electron chi connectivity index (χ3n) is 7.22. The van der Waals surface area contributed by atoms with E-state index in [9.17, 15) is 14.4 Å². The molecule has 2 heterocycles. The number of hydrogen-bond acceptors (Lipinski definition) is 6. The summed E-state index contributed by atoms with van der Waals surface area (Å²) in [6.07, 6.45) is 6.76. The van der Waals surface area contributed by atoms with Crippen LogP contribution in [0.25, 0.3) is 11.3 Å². The number of allylic oxidation sites excluding steroid dienone is 2. The van der Waals surface area contributed by atoms with E-state index in [-0.39, 0.29) is 46.1 Å².